The van der Waals surface area contributed by atoms with Gasteiger partial charge in [0.15, 0.2) is 11.6 Å². The highest BCUT2D eigenvalue weighted by atomic mass is 16.7. The first kappa shape index (κ1) is 15.7. The van der Waals surface area contributed by atoms with Gasteiger partial charge in [-0.3, -0.25) is 0 Å². The lowest BCUT2D eigenvalue weighted by Gasteiger charge is -2.25. The SMILES string of the molecule is CC(O)(CO)OCC(O)COC(C)(O)CO. The normalized spacial score (nSPS) is 21.2. The largest absolute Gasteiger partial charge is 0.391 e. The first-order valence-corrected chi connectivity index (χ1v) is 4.85. The average molecular weight is 240 g/mol. The number of aliphatic hydroxyl groups excluding tert-OH is 3. The summed E-state index contributed by atoms with van der Waals surface area (Å²) in [5.41, 5.74) is 0. The third kappa shape index (κ3) is 7.07. The second-order valence-electron chi connectivity index (χ2n) is 3.94. The molecule has 7 heteroatoms. The van der Waals surface area contributed by atoms with Gasteiger partial charge in [0.2, 0.25) is 0 Å². The van der Waals surface area contributed by atoms with Gasteiger partial charge in [-0.15, -0.1) is 0 Å². The van der Waals surface area contributed by atoms with Crippen LogP contribution in [0, 0.1) is 0 Å². The number of hydrogen-bond donors (Lipinski definition) is 5. The summed E-state index contributed by atoms with van der Waals surface area (Å²) in [7, 11) is 0. The molecular weight excluding hydrogens is 220 g/mol. The van der Waals surface area contributed by atoms with Crippen LogP contribution in [0.1, 0.15) is 13.8 Å². The first-order valence-electron chi connectivity index (χ1n) is 4.85. The van der Waals surface area contributed by atoms with E-state index in [9.17, 15) is 15.3 Å². The van der Waals surface area contributed by atoms with Crippen LogP contribution in [0.5, 0.6) is 0 Å². The van der Waals surface area contributed by atoms with Gasteiger partial charge >= 0.3 is 0 Å². The van der Waals surface area contributed by atoms with E-state index in [0.29, 0.717) is 0 Å². The molecule has 0 saturated heterocycles. The van der Waals surface area contributed by atoms with E-state index in [0.717, 1.165) is 0 Å². The van der Waals surface area contributed by atoms with Gasteiger partial charge in [-0.25, -0.2) is 0 Å². The van der Waals surface area contributed by atoms with Crippen molar-refractivity contribution in [2.45, 2.75) is 31.5 Å². The molecule has 0 aromatic rings. The maximum absolute atomic E-state index is 9.33. The Hall–Kier alpha value is -0.280. The Morgan fingerprint density at radius 2 is 1.25 bits per heavy atom. The summed E-state index contributed by atoms with van der Waals surface area (Å²) in [6, 6.07) is 0. The Morgan fingerprint density at radius 3 is 1.50 bits per heavy atom. The summed E-state index contributed by atoms with van der Waals surface area (Å²) in [5, 5.41) is 45.1. The summed E-state index contributed by atoms with van der Waals surface area (Å²) in [5.74, 6) is -3.44. The molecule has 0 aromatic heterocycles. The van der Waals surface area contributed by atoms with Crippen LogP contribution in [0.25, 0.3) is 0 Å². The second-order valence-corrected chi connectivity index (χ2v) is 3.94. The number of rotatable bonds is 8. The number of ether oxygens (including phenoxy) is 2. The van der Waals surface area contributed by atoms with Crippen LogP contribution in [0.15, 0.2) is 0 Å². The first-order chi connectivity index (χ1) is 7.22. The monoisotopic (exact) mass is 240 g/mol. The Labute approximate surface area is 93.9 Å². The van der Waals surface area contributed by atoms with Gasteiger partial charge in [0.05, 0.1) is 26.4 Å². The van der Waals surface area contributed by atoms with Gasteiger partial charge in [0, 0.05) is 0 Å². The molecule has 0 heterocycles. The highest BCUT2D eigenvalue weighted by Crippen LogP contribution is 2.07. The molecule has 2 atom stereocenters. The fourth-order valence-electron chi connectivity index (χ4n) is 0.691. The summed E-state index contributed by atoms with van der Waals surface area (Å²) in [4.78, 5) is 0. The fraction of sp³-hybridized carbons (Fsp3) is 1.00. The summed E-state index contributed by atoms with van der Waals surface area (Å²) < 4.78 is 9.54. The zero-order valence-electron chi connectivity index (χ0n) is 9.46. The molecule has 0 amide bonds. The van der Waals surface area contributed by atoms with Crippen molar-refractivity contribution in [1.29, 1.82) is 0 Å². The van der Waals surface area contributed by atoms with Crippen LogP contribution in [-0.2, 0) is 9.47 Å². The summed E-state index contributed by atoms with van der Waals surface area (Å²) in [6.45, 7) is 0.739. The van der Waals surface area contributed by atoms with E-state index in [2.05, 4.69) is 0 Å². The molecule has 0 aliphatic rings. The van der Waals surface area contributed by atoms with E-state index in [4.69, 9.17) is 19.7 Å². The van der Waals surface area contributed by atoms with Crippen molar-refractivity contribution in [3.8, 4) is 0 Å². The van der Waals surface area contributed by atoms with Crippen LogP contribution in [-0.4, -0.2) is 69.6 Å². The van der Waals surface area contributed by atoms with Crippen LogP contribution in [0.2, 0.25) is 0 Å². The molecule has 0 saturated carbocycles. The second kappa shape index (κ2) is 6.45. The maximum Gasteiger partial charge on any atom is 0.186 e. The van der Waals surface area contributed by atoms with E-state index in [-0.39, 0.29) is 13.2 Å². The van der Waals surface area contributed by atoms with E-state index < -0.39 is 30.9 Å². The molecule has 0 radical (unpaired) electrons. The van der Waals surface area contributed by atoms with Gasteiger partial charge in [-0.05, 0) is 13.8 Å². The minimum absolute atomic E-state index is 0.269. The highest BCUT2D eigenvalue weighted by Gasteiger charge is 2.24. The van der Waals surface area contributed by atoms with Crippen molar-refractivity contribution >= 4 is 0 Å². The lowest BCUT2D eigenvalue weighted by atomic mass is 10.3. The van der Waals surface area contributed by atoms with Crippen molar-refractivity contribution in [2.24, 2.45) is 0 Å². The molecule has 0 spiro atoms. The molecular formula is C9H20O7. The van der Waals surface area contributed by atoms with E-state index >= 15 is 0 Å². The lowest BCUT2D eigenvalue weighted by molar-refractivity contribution is -0.245. The van der Waals surface area contributed by atoms with Crippen molar-refractivity contribution < 1.29 is 35.0 Å². The van der Waals surface area contributed by atoms with Crippen molar-refractivity contribution in [3.63, 3.8) is 0 Å². The van der Waals surface area contributed by atoms with Crippen LogP contribution >= 0.6 is 0 Å². The Balaban J connectivity index is 3.79. The predicted octanol–water partition coefficient (Wildman–Crippen LogP) is -2.22. The maximum atomic E-state index is 9.33. The van der Waals surface area contributed by atoms with Gasteiger partial charge in [-0.1, -0.05) is 0 Å². The minimum Gasteiger partial charge on any atom is -0.391 e. The number of hydrogen-bond acceptors (Lipinski definition) is 7. The molecule has 0 bridgehead atoms. The van der Waals surface area contributed by atoms with Gasteiger partial charge in [0.25, 0.3) is 0 Å². The quantitative estimate of drug-likeness (QED) is 0.305. The molecule has 0 aliphatic heterocycles. The third-order valence-electron chi connectivity index (χ3n) is 1.76. The minimum atomic E-state index is -1.72. The lowest BCUT2D eigenvalue weighted by Crippen LogP contribution is -2.39. The van der Waals surface area contributed by atoms with E-state index in [1.54, 1.807) is 0 Å². The molecule has 0 aliphatic carbocycles. The van der Waals surface area contributed by atoms with Crippen LogP contribution < -0.4 is 0 Å². The topological polar surface area (TPSA) is 120 Å². The molecule has 5 N–H and O–H groups in total. The van der Waals surface area contributed by atoms with Crippen LogP contribution in [0.4, 0.5) is 0 Å². The average Bonchev–Trinajstić information content (AvgIpc) is 2.24. The Kier molecular flexibility index (Phi) is 6.34. The zero-order chi connectivity index (χ0) is 12.8. The molecule has 0 fully saturated rings. The molecule has 0 rings (SSSR count). The summed E-state index contributed by atoms with van der Waals surface area (Å²) in [6.07, 6.45) is -1.09. The molecule has 98 valence electrons. The number of aliphatic hydroxyl groups is 5. The fourth-order valence-corrected chi connectivity index (χ4v) is 0.691. The third-order valence-corrected chi connectivity index (χ3v) is 1.76. The standard InChI is InChI=1S/C9H20O7/c1-8(13,5-10)15-3-7(12)4-16-9(2,14)6-11/h7,10-14H,3-6H2,1-2H3. The molecule has 7 nitrogen and oxygen atoms in total. The predicted molar refractivity (Wildman–Crippen MR) is 53.3 cm³/mol. The van der Waals surface area contributed by atoms with Crippen molar-refractivity contribution in [1.82, 2.24) is 0 Å². The van der Waals surface area contributed by atoms with Crippen LogP contribution in [0.3, 0.4) is 0 Å². The van der Waals surface area contributed by atoms with Gasteiger partial charge in [-0.2, -0.15) is 0 Å². The Bertz CT molecular complexity index is 172. The Morgan fingerprint density at radius 1 is 0.938 bits per heavy atom. The molecule has 0 aromatic carbocycles. The zero-order valence-corrected chi connectivity index (χ0v) is 9.46. The van der Waals surface area contributed by atoms with Gasteiger partial charge in [0.1, 0.15) is 6.10 Å². The summed E-state index contributed by atoms with van der Waals surface area (Å²) >= 11 is 0. The highest BCUT2D eigenvalue weighted by molar-refractivity contribution is 4.62. The molecule has 16 heavy (non-hydrogen) atoms. The van der Waals surface area contributed by atoms with E-state index in [1.165, 1.54) is 13.8 Å². The van der Waals surface area contributed by atoms with Gasteiger partial charge < -0.3 is 35.0 Å². The van der Waals surface area contributed by atoms with Crippen molar-refractivity contribution in [2.75, 3.05) is 26.4 Å². The van der Waals surface area contributed by atoms with E-state index in [1.807, 2.05) is 0 Å². The molecule has 2 unspecified atom stereocenters. The van der Waals surface area contributed by atoms with Crippen molar-refractivity contribution in [3.05, 3.63) is 0 Å². The smallest absolute Gasteiger partial charge is 0.186 e.